The van der Waals surface area contributed by atoms with E-state index < -0.39 is 0 Å². The van der Waals surface area contributed by atoms with E-state index in [1.54, 1.807) is 4.90 Å². The number of ether oxygens (including phenoxy) is 1. The fourth-order valence-electron chi connectivity index (χ4n) is 2.83. The molecular weight excluding hydrogens is 254 g/mol. The van der Waals surface area contributed by atoms with E-state index in [2.05, 4.69) is 13.8 Å². The number of carbonyl (C=O) groups excluding carboxylic acids is 1. The molecule has 1 aliphatic heterocycles. The number of hydrogen-bond donors (Lipinski definition) is 1. The van der Waals surface area contributed by atoms with Crippen molar-refractivity contribution in [2.24, 2.45) is 5.41 Å². The van der Waals surface area contributed by atoms with E-state index in [0.717, 1.165) is 12.0 Å². The van der Waals surface area contributed by atoms with Crippen molar-refractivity contribution in [2.45, 2.75) is 39.3 Å². The maximum Gasteiger partial charge on any atom is 0.410 e. The van der Waals surface area contributed by atoms with Gasteiger partial charge in [-0.1, -0.05) is 44.2 Å². The lowest BCUT2D eigenvalue weighted by Gasteiger charge is -2.23. The Bertz CT molecular complexity index is 444. The molecule has 0 aliphatic carbocycles. The van der Waals surface area contributed by atoms with Gasteiger partial charge in [0.05, 0.1) is 0 Å². The summed E-state index contributed by atoms with van der Waals surface area (Å²) in [7, 11) is 0. The van der Waals surface area contributed by atoms with Crippen LogP contribution >= 0.6 is 0 Å². The number of rotatable bonds is 4. The molecular formula is C16H23NO3. The molecule has 110 valence electrons. The van der Waals surface area contributed by atoms with Crippen LogP contribution in [0.1, 0.15) is 32.3 Å². The fourth-order valence-corrected chi connectivity index (χ4v) is 2.83. The van der Waals surface area contributed by atoms with Crippen LogP contribution < -0.4 is 0 Å². The first-order chi connectivity index (χ1) is 9.52. The number of hydrogen-bond acceptors (Lipinski definition) is 3. The largest absolute Gasteiger partial charge is 0.445 e. The Labute approximate surface area is 120 Å². The summed E-state index contributed by atoms with van der Waals surface area (Å²) in [5.74, 6) is 0. The van der Waals surface area contributed by atoms with Gasteiger partial charge in [-0.05, 0) is 23.8 Å². The fraction of sp³-hybridized carbons (Fsp3) is 0.562. The summed E-state index contributed by atoms with van der Waals surface area (Å²) in [6.45, 7) is 5.36. The molecule has 1 fully saturated rings. The first-order valence-electron chi connectivity index (χ1n) is 7.10. The minimum Gasteiger partial charge on any atom is -0.445 e. The molecule has 0 radical (unpaired) electrons. The van der Waals surface area contributed by atoms with E-state index in [1.807, 2.05) is 30.3 Å². The number of aliphatic hydroxyl groups excluding tert-OH is 1. The van der Waals surface area contributed by atoms with E-state index in [0.29, 0.717) is 19.6 Å². The maximum atomic E-state index is 12.2. The minimum atomic E-state index is -0.280. The van der Waals surface area contributed by atoms with Gasteiger partial charge in [0.1, 0.15) is 6.61 Å². The Balaban J connectivity index is 1.93. The zero-order valence-electron chi connectivity index (χ0n) is 12.2. The smallest absolute Gasteiger partial charge is 0.410 e. The second kappa shape index (κ2) is 6.27. The molecule has 1 atom stereocenters. The summed E-state index contributed by atoms with van der Waals surface area (Å²) in [5, 5.41) is 9.13. The standard InChI is InChI=1S/C16H23NO3/c1-16(2)10-14(8-9-18)17(12-16)15(19)20-11-13-6-4-3-5-7-13/h3-7,14,18H,8-12H2,1-2H3. The molecule has 1 N–H and O–H groups in total. The van der Waals surface area contributed by atoms with Gasteiger partial charge in [-0.3, -0.25) is 0 Å². The van der Waals surface area contributed by atoms with Crippen molar-refractivity contribution in [3.63, 3.8) is 0 Å². The van der Waals surface area contributed by atoms with Gasteiger partial charge >= 0.3 is 6.09 Å². The summed E-state index contributed by atoms with van der Waals surface area (Å²) < 4.78 is 5.39. The first kappa shape index (κ1) is 14.9. The van der Waals surface area contributed by atoms with Crippen LogP contribution in [-0.2, 0) is 11.3 Å². The Morgan fingerprint density at radius 2 is 2.10 bits per heavy atom. The second-order valence-electron chi connectivity index (χ2n) is 6.20. The molecule has 1 unspecified atom stereocenters. The molecule has 2 rings (SSSR count). The molecule has 4 nitrogen and oxygen atoms in total. The van der Waals surface area contributed by atoms with Crippen molar-refractivity contribution >= 4 is 6.09 Å². The Morgan fingerprint density at radius 3 is 2.75 bits per heavy atom. The van der Waals surface area contributed by atoms with E-state index in [1.165, 1.54) is 0 Å². The van der Waals surface area contributed by atoms with E-state index in [4.69, 9.17) is 9.84 Å². The van der Waals surface area contributed by atoms with Crippen molar-refractivity contribution in [3.8, 4) is 0 Å². The number of nitrogens with zero attached hydrogens (tertiary/aromatic N) is 1. The van der Waals surface area contributed by atoms with Crippen LogP contribution in [0.25, 0.3) is 0 Å². The number of benzene rings is 1. The molecule has 4 heteroatoms. The van der Waals surface area contributed by atoms with Crippen LogP contribution in [0.4, 0.5) is 4.79 Å². The highest BCUT2D eigenvalue weighted by Gasteiger charge is 2.40. The van der Waals surface area contributed by atoms with Crippen LogP contribution in [0.15, 0.2) is 30.3 Å². The van der Waals surface area contributed by atoms with Gasteiger partial charge in [-0.15, -0.1) is 0 Å². The lowest BCUT2D eigenvalue weighted by atomic mass is 9.90. The summed E-state index contributed by atoms with van der Waals surface area (Å²) in [6.07, 6.45) is 1.25. The quantitative estimate of drug-likeness (QED) is 0.920. The topological polar surface area (TPSA) is 49.8 Å². The lowest BCUT2D eigenvalue weighted by molar-refractivity contribution is 0.0857. The third kappa shape index (κ3) is 3.73. The Hall–Kier alpha value is -1.55. The van der Waals surface area contributed by atoms with Crippen molar-refractivity contribution in [2.75, 3.05) is 13.2 Å². The Kier molecular flexibility index (Phi) is 4.65. The van der Waals surface area contributed by atoms with Crippen LogP contribution in [0.2, 0.25) is 0 Å². The van der Waals surface area contributed by atoms with Crippen molar-refractivity contribution < 1.29 is 14.6 Å². The molecule has 1 amide bonds. The van der Waals surface area contributed by atoms with Gasteiger partial charge in [-0.2, -0.15) is 0 Å². The summed E-state index contributed by atoms with van der Waals surface area (Å²) in [4.78, 5) is 14.0. The monoisotopic (exact) mass is 277 g/mol. The molecule has 1 heterocycles. The summed E-state index contributed by atoms with van der Waals surface area (Å²) >= 11 is 0. The molecule has 0 bridgehead atoms. The Morgan fingerprint density at radius 1 is 1.40 bits per heavy atom. The average Bonchev–Trinajstić information content (AvgIpc) is 2.73. The van der Waals surface area contributed by atoms with Gasteiger partial charge in [0.15, 0.2) is 0 Å². The van der Waals surface area contributed by atoms with E-state index >= 15 is 0 Å². The third-order valence-corrected chi connectivity index (χ3v) is 3.73. The van der Waals surface area contributed by atoms with Crippen LogP contribution in [0.5, 0.6) is 0 Å². The molecule has 1 saturated heterocycles. The second-order valence-corrected chi connectivity index (χ2v) is 6.20. The van der Waals surface area contributed by atoms with Crippen LogP contribution in [0, 0.1) is 5.41 Å². The zero-order chi connectivity index (χ0) is 14.6. The molecule has 1 aromatic rings. The molecule has 20 heavy (non-hydrogen) atoms. The third-order valence-electron chi connectivity index (χ3n) is 3.73. The molecule has 0 aromatic heterocycles. The number of likely N-dealkylation sites (tertiary alicyclic amines) is 1. The SMILES string of the molecule is CC1(C)CC(CCO)N(C(=O)OCc2ccccc2)C1. The minimum absolute atomic E-state index is 0.0817. The van der Waals surface area contributed by atoms with Gasteiger partial charge in [0.25, 0.3) is 0 Å². The molecule has 1 aromatic carbocycles. The van der Waals surface area contributed by atoms with Gasteiger partial charge in [0, 0.05) is 19.2 Å². The van der Waals surface area contributed by atoms with Gasteiger partial charge in [0.2, 0.25) is 0 Å². The highest BCUT2D eigenvalue weighted by atomic mass is 16.6. The predicted molar refractivity (Wildman–Crippen MR) is 77.2 cm³/mol. The molecule has 0 spiro atoms. The highest BCUT2D eigenvalue weighted by molar-refractivity contribution is 5.68. The highest BCUT2D eigenvalue weighted by Crippen LogP contribution is 2.35. The maximum absolute atomic E-state index is 12.2. The van der Waals surface area contributed by atoms with Crippen molar-refractivity contribution in [3.05, 3.63) is 35.9 Å². The van der Waals surface area contributed by atoms with Gasteiger partial charge < -0.3 is 14.7 Å². The zero-order valence-corrected chi connectivity index (χ0v) is 12.2. The van der Waals surface area contributed by atoms with Crippen LogP contribution in [-0.4, -0.2) is 35.3 Å². The number of aliphatic hydroxyl groups is 1. The molecule has 1 aliphatic rings. The van der Waals surface area contributed by atoms with E-state index in [-0.39, 0.29) is 24.2 Å². The molecule has 0 saturated carbocycles. The lowest BCUT2D eigenvalue weighted by Crippen LogP contribution is -2.37. The van der Waals surface area contributed by atoms with E-state index in [9.17, 15) is 4.79 Å². The van der Waals surface area contributed by atoms with Crippen LogP contribution in [0.3, 0.4) is 0 Å². The first-order valence-corrected chi connectivity index (χ1v) is 7.10. The van der Waals surface area contributed by atoms with Crippen molar-refractivity contribution in [1.29, 1.82) is 0 Å². The normalized spacial score (nSPS) is 20.9. The predicted octanol–water partition coefficient (Wildman–Crippen LogP) is 2.81. The number of carbonyl (C=O) groups is 1. The average molecular weight is 277 g/mol. The van der Waals surface area contributed by atoms with Gasteiger partial charge in [-0.25, -0.2) is 4.79 Å². The number of amides is 1. The van der Waals surface area contributed by atoms with Crippen molar-refractivity contribution in [1.82, 2.24) is 4.90 Å². The summed E-state index contributed by atoms with van der Waals surface area (Å²) in [5.41, 5.74) is 1.07. The summed E-state index contributed by atoms with van der Waals surface area (Å²) in [6, 6.07) is 9.75.